The van der Waals surface area contributed by atoms with E-state index in [0.29, 0.717) is 5.04 Å². The standard InChI is InChI=1S/C4H7IN2S/c1-3(6)8-4(2)7-5/h6H,1-2H3. The highest BCUT2D eigenvalue weighted by molar-refractivity contribution is 14.1. The van der Waals surface area contributed by atoms with Crippen LogP contribution in [-0.2, 0) is 0 Å². The van der Waals surface area contributed by atoms with Crippen LogP contribution in [0.5, 0.6) is 0 Å². The van der Waals surface area contributed by atoms with Crippen molar-refractivity contribution < 1.29 is 0 Å². The lowest BCUT2D eigenvalue weighted by Gasteiger charge is -1.90. The van der Waals surface area contributed by atoms with Gasteiger partial charge in [-0.05, 0) is 13.8 Å². The summed E-state index contributed by atoms with van der Waals surface area (Å²) in [6, 6.07) is 0. The summed E-state index contributed by atoms with van der Waals surface area (Å²) < 4.78 is 3.84. The lowest BCUT2D eigenvalue weighted by atomic mass is 10.9. The number of halogens is 1. The molecule has 0 rings (SSSR count). The SMILES string of the molecule is CC(=N)SC(C)=NI. The predicted octanol–water partition coefficient (Wildman–Crippen LogP) is 2.49. The molecule has 0 saturated carbocycles. The summed E-state index contributed by atoms with van der Waals surface area (Å²) in [4.78, 5) is 0. The molecule has 2 nitrogen and oxygen atoms in total. The van der Waals surface area contributed by atoms with E-state index in [1.807, 2.05) is 29.8 Å². The van der Waals surface area contributed by atoms with Gasteiger partial charge < -0.3 is 0 Å². The van der Waals surface area contributed by atoms with Crippen LogP contribution in [0.15, 0.2) is 3.21 Å². The maximum Gasteiger partial charge on any atom is 0.0840 e. The summed E-state index contributed by atoms with van der Waals surface area (Å²) in [5.74, 6) is 0. The number of nitrogens with one attached hydrogen (secondary N) is 1. The first-order valence-corrected chi connectivity index (χ1v) is 3.83. The van der Waals surface area contributed by atoms with Crippen molar-refractivity contribution >= 4 is 44.7 Å². The fraction of sp³-hybridized carbons (Fsp3) is 0.500. The zero-order valence-electron chi connectivity index (χ0n) is 4.73. The normalized spacial score (nSPS) is 11.6. The van der Waals surface area contributed by atoms with Gasteiger partial charge in [-0.15, -0.1) is 0 Å². The number of hydrogen-bond donors (Lipinski definition) is 1. The van der Waals surface area contributed by atoms with Crippen molar-refractivity contribution in [1.29, 1.82) is 5.41 Å². The van der Waals surface area contributed by atoms with E-state index in [4.69, 9.17) is 5.41 Å². The molecule has 8 heavy (non-hydrogen) atoms. The first-order valence-electron chi connectivity index (χ1n) is 2.05. The van der Waals surface area contributed by atoms with Gasteiger partial charge >= 0.3 is 0 Å². The fourth-order valence-electron chi connectivity index (χ4n) is 0.239. The third kappa shape index (κ3) is 4.58. The largest absolute Gasteiger partial charge is 0.298 e. The second-order valence-corrected chi connectivity index (χ2v) is 3.15. The summed E-state index contributed by atoms with van der Waals surface area (Å²) in [5, 5.41) is 8.52. The zero-order valence-corrected chi connectivity index (χ0v) is 7.71. The highest BCUT2D eigenvalue weighted by Gasteiger charge is 1.90. The fourth-order valence-corrected chi connectivity index (χ4v) is 1.01. The quantitative estimate of drug-likeness (QED) is 0.395. The van der Waals surface area contributed by atoms with Crippen LogP contribution >= 0.6 is 34.6 Å². The third-order valence-corrected chi connectivity index (χ3v) is 2.16. The Morgan fingerprint density at radius 1 is 1.62 bits per heavy atom. The Kier molecular flexibility index (Phi) is 4.54. The Labute approximate surface area is 67.2 Å². The van der Waals surface area contributed by atoms with E-state index in [2.05, 4.69) is 3.21 Å². The Hall–Kier alpha value is 0.420. The molecule has 46 valence electrons. The molecular formula is C4H7IN2S. The molecule has 0 aliphatic heterocycles. The minimum absolute atomic E-state index is 0.586. The molecule has 0 radical (unpaired) electrons. The molecule has 0 unspecified atom stereocenters. The summed E-state index contributed by atoms with van der Waals surface area (Å²) >= 11 is 3.30. The Morgan fingerprint density at radius 3 is 2.25 bits per heavy atom. The van der Waals surface area contributed by atoms with Gasteiger partial charge in [-0.25, -0.2) is 3.21 Å². The molecule has 0 fully saturated rings. The number of thioether (sulfide) groups is 1. The van der Waals surface area contributed by atoms with Crippen LogP contribution < -0.4 is 0 Å². The third-order valence-electron chi connectivity index (χ3n) is 0.420. The lowest BCUT2D eigenvalue weighted by molar-refractivity contribution is 1.54. The highest BCUT2D eigenvalue weighted by Crippen LogP contribution is 2.06. The van der Waals surface area contributed by atoms with E-state index < -0.39 is 0 Å². The van der Waals surface area contributed by atoms with Crippen molar-refractivity contribution in [2.24, 2.45) is 3.21 Å². The smallest absolute Gasteiger partial charge is 0.0840 e. The van der Waals surface area contributed by atoms with Crippen molar-refractivity contribution in [3.05, 3.63) is 0 Å². The monoisotopic (exact) mass is 242 g/mol. The molecule has 0 aromatic carbocycles. The average molecular weight is 242 g/mol. The van der Waals surface area contributed by atoms with Crippen molar-refractivity contribution in [1.82, 2.24) is 0 Å². The number of hydrogen-bond acceptors (Lipinski definition) is 3. The summed E-state index contributed by atoms with van der Waals surface area (Å²) in [6.07, 6.45) is 0. The molecule has 0 saturated heterocycles. The van der Waals surface area contributed by atoms with Gasteiger partial charge in [-0.1, -0.05) is 11.8 Å². The van der Waals surface area contributed by atoms with E-state index in [1.165, 1.54) is 11.8 Å². The van der Waals surface area contributed by atoms with Crippen LogP contribution in [0.3, 0.4) is 0 Å². The van der Waals surface area contributed by atoms with Crippen LogP contribution in [-0.4, -0.2) is 10.1 Å². The molecule has 0 heterocycles. The van der Waals surface area contributed by atoms with Gasteiger partial charge in [0.2, 0.25) is 0 Å². The van der Waals surface area contributed by atoms with E-state index in [0.717, 1.165) is 5.04 Å². The molecule has 0 aromatic rings. The second kappa shape index (κ2) is 4.31. The van der Waals surface area contributed by atoms with E-state index >= 15 is 0 Å². The first-order chi connectivity index (χ1) is 3.66. The van der Waals surface area contributed by atoms with Crippen molar-refractivity contribution in [2.75, 3.05) is 0 Å². The van der Waals surface area contributed by atoms with Crippen molar-refractivity contribution in [3.8, 4) is 0 Å². The van der Waals surface area contributed by atoms with Crippen LogP contribution in [0.2, 0.25) is 0 Å². The topological polar surface area (TPSA) is 36.2 Å². The number of nitrogens with zero attached hydrogens (tertiary/aromatic N) is 1. The van der Waals surface area contributed by atoms with Crippen LogP contribution in [0.1, 0.15) is 13.8 Å². The van der Waals surface area contributed by atoms with Crippen LogP contribution in [0.25, 0.3) is 0 Å². The number of rotatable bonds is 0. The lowest BCUT2D eigenvalue weighted by Crippen LogP contribution is -1.85. The second-order valence-electron chi connectivity index (χ2n) is 1.26. The van der Waals surface area contributed by atoms with E-state index in [9.17, 15) is 0 Å². The molecule has 0 bridgehead atoms. The Balaban J connectivity index is 3.56. The molecule has 1 N–H and O–H groups in total. The van der Waals surface area contributed by atoms with Crippen molar-refractivity contribution in [2.45, 2.75) is 13.8 Å². The average Bonchev–Trinajstić information content (AvgIpc) is 1.65. The molecule has 0 aromatic heterocycles. The Bertz CT molecular complexity index is 121. The van der Waals surface area contributed by atoms with Gasteiger partial charge in [0.25, 0.3) is 0 Å². The molecule has 0 amide bonds. The van der Waals surface area contributed by atoms with Gasteiger partial charge in [0.1, 0.15) is 0 Å². The van der Waals surface area contributed by atoms with Gasteiger partial charge in [-0.2, -0.15) is 0 Å². The molecule has 0 aliphatic rings. The van der Waals surface area contributed by atoms with Gasteiger partial charge in [0, 0.05) is 0 Å². The van der Waals surface area contributed by atoms with Crippen LogP contribution in [0, 0.1) is 5.41 Å². The summed E-state index contributed by atoms with van der Waals surface area (Å²) in [7, 11) is 0. The summed E-state index contributed by atoms with van der Waals surface area (Å²) in [6.45, 7) is 3.63. The van der Waals surface area contributed by atoms with Crippen molar-refractivity contribution in [3.63, 3.8) is 0 Å². The zero-order chi connectivity index (χ0) is 6.57. The molecule has 4 heteroatoms. The van der Waals surface area contributed by atoms with Gasteiger partial charge in [0.05, 0.1) is 33.0 Å². The maximum atomic E-state index is 7.01. The molecule has 0 spiro atoms. The maximum absolute atomic E-state index is 7.01. The molecule has 0 aliphatic carbocycles. The minimum Gasteiger partial charge on any atom is -0.298 e. The highest BCUT2D eigenvalue weighted by atomic mass is 127. The first kappa shape index (κ1) is 8.42. The van der Waals surface area contributed by atoms with Gasteiger partial charge in [-0.3, -0.25) is 5.41 Å². The molecule has 0 atom stereocenters. The van der Waals surface area contributed by atoms with E-state index in [-0.39, 0.29) is 0 Å². The van der Waals surface area contributed by atoms with Crippen LogP contribution in [0.4, 0.5) is 0 Å². The Morgan fingerprint density at radius 2 is 2.12 bits per heavy atom. The van der Waals surface area contributed by atoms with E-state index in [1.54, 1.807) is 6.92 Å². The minimum atomic E-state index is 0.586. The predicted molar refractivity (Wildman–Crippen MR) is 48.1 cm³/mol. The summed E-state index contributed by atoms with van der Waals surface area (Å²) in [5.41, 5.74) is 0. The van der Waals surface area contributed by atoms with Gasteiger partial charge in [0.15, 0.2) is 0 Å². The molecular weight excluding hydrogens is 235 g/mol.